The Labute approximate surface area is 282 Å². The van der Waals surface area contributed by atoms with Gasteiger partial charge < -0.3 is 9.44 Å². The molecule has 0 aliphatic rings. The minimum absolute atomic E-state index is 0. The second kappa shape index (κ2) is 20.1. The number of aromatic nitrogens is 2. The summed E-state index contributed by atoms with van der Waals surface area (Å²) in [7, 11) is -6.90. The maximum Gasteiger partial charge on any atom is 2.00 e. The maximum atomic E-state index is 12.2. The van der Waals surface area contributed by atoms with Gasteiger partial charge in [0, 0.05) is 23.9 Å². The third-order valence-corrected chi connectivity index (χ3v) is 9.24. The molecule has 0 atom stereocenters. The van der Waals surface area contributed by atoms with Crippen molar-refractivity contribution in [3.63, 3.8) is 0 Å². The van der Waals surface area contributed by atoms with Crippen molar-refractivity contribution in [1.29, 1.82) is 0 Å². The summed E-state index contributed by atoms with van der Waals surface area (Å²) in [5.74, 6) is 0.201. The van der Waals surface area contributed by atoms with Crippen LogP contribution in [-0.2, 0) is 39.5 Å². The van der Waals surface area contributed by atoms with Crippen molar-refractivity contribution in [3.8, 4) is 22.5 Å². The fourth-order valence-corrected chi connectivity index (χ4v) is 6.64. The van der Waals surface area contributed by atoms with Crippen molar-refractivity contribution in [1.82, 2.24) is 9.97 Å². The van der Waals surface area contributed by atoms with E-state index in [1.165, 1.54) is 0 Å². The fraction of sp³-hybridized carbons (Fsp3) is 0.353. The molecule has 2 aromatic heterocycles. The molecule has 0 saturated carbocycles. The van der Waals surface area contributed by atoms with Crippen LogP contribution in [0.1, 0.15) is 65.2 Å². The third kappa shape index (κ3) is 13.8. The predicted molar refractivity (Wildman–Crippen MR) is 181 cm³/mol. The zero-order chi connectivity index (χ0) is 31.7. The maximum absolute atomic E-state index is 12.2. The Hall–Kier alpha value is -3.14. The van der Waals surface area contributed by atoms with Gasteiger partial charge in [-0.05, 0) is 48.2 Å². The molecule has 45 heavy (non-hydrogen) atoms. The van der Waals surface area contributed by atoms with Crippen molar-refractivity contribution >= 4 is 31.4 Å². The molecular weight excluding hydrogens is 658 g/mol. The number of rotatable bonds is 16. The number of pyridine rings is 2. The van der Waals surface area contributed by atoms with Crippen LogP contribution in [0, 0.1) is 0 Å². The zero-order valence-corrected chi connectivity index (χ0v) is 30.9. The van der Waals surface area contributed by atoms with E-state index in [1.54, 1.807) is 36.7 Å². The van der Waals surface area contributed by atoms with E-state index in [-0.39, 0.29) is 31.0 Å². The third-order valence-electron chi connectivity index (χ3n) is 6.68. The zero-order valence-electron chi connectivity index (χ0n) is 26.3. The average molecular weight is 700 g/mol. The largest absolute Gasteiger partial charge is 2.00 e. The molecule has 0 aliphatic carbocycles. The molecule has 0 radical (unpaired) electrons. The monoisotopic (exact) mass is 698 g/mol. The van der Waals surface area contributed by atoms with Crippen LogP contribution in [0.2, 0.25) is 0 Å². The molecule has 2 heterocycles. The second-order valence-electron chi connectivity index (χ2n) is 10.3. The van der Waals surface area contributed by atoms with Crippen molar-refractivity contribution in [2.24, 2.45) is 0 Å². The molecular formula is C34H42N4O4S2Zn. The summed E-state index contributed by atoms with van der Waals surface area (Å²) in [6.45, 7) is 4.20. The standard InChI is InChI=1S/2C17H21N2O2S.Zn/c2*1-2-3-4-9-14-22(20,21)19-17-12-6-5-10-15(17)16-11-7-8-13-18-16;/h2*5-8,10-13H,2-4,9,14H2,1H3;/q2*-1;+2. The number of hydrogen-bond acceptors (Lipinski definition) is 6. The summed E-state index contributed by atoms with van der Waals surface area (Å²) < 4.78 is 56.6. The van der Waals surface area contributed by atoms with E-state index in [4.69, 9.17) is 0 Å². The molecule has 0 aliphatic heterocycles. The molecule has 4 rings (SSSR count). The Morgan fingerprint density at radius 3 is 1.24 bits per heavy atom. The van der Waals surface area contributed by atoms with Crippen LogP contribution < -0.4 is 0 Å². The van der Waals surface area contributed by atoms with E-state index >= 15 is 0 Å². The Kier molecular flexibility index (Phi) is 17.0. The first kappa shape index (κ1) is 38.0. The fourth-order valence-electron chi connectivity index (χ4n) is 4.40. The van der Waals surface area contributed by atoms with E-state index < -0.39 is 20.0 Å². The van der Waals surface area contributed by atoms with Crippen LogP contribution in [0.15, 0.2) is 97.3 Å². The Balaban J connectivity index is 0.000000307. The Morgan fingerprint density at radius 2 is 0.889 bits per heavy atom. The summed E-state index contributed by atoms with van der Waals surface area (Å²) in [4.78, 5) is 8.54. The van der Waals surface area contributed by atoms with Crippen LogP contribution in [0.25, 0.3) is 32.0 Å². The number of sulfonamides is 2. The van der Waals surface area contributed by atoms with Gasteiger partial charge in [0.2, 0.25) is 0 Å². The summed E-state index contributed by atoms with van der Waals surface area (Å²) in [5, 5.41) is 0. The minimum Gasteiger partial charge on any atom is -0.576 e. The smallest absolute Gasteiger partial charge is 0.576 e. The minimum atomic E-state index is -3.45. The van der Waals surface area contributed by atoms with Crippen LogP contribution >= 0.6 is 0 Å². The van der Waals surface area contributed by atoms with Crippen LogP contribution in [0.5, 0.6) is 0 Å². The SMILES string of the molecule is CCCCCCS(=O)(=O)[N-]c1ccccc1-c1ccccn1.CCCCCCS(=O)(=O)[N-]c1ccccc1-c1ccccn1.[Zn+2]. The van der Waals surface area contributed by atoms with Crippen LogP contribution in [0.3, 0.4) is 0 Å². The summed E-state index contributed by atoms with van der Waals surface area (Å²) in [6, 6.07) is 25.5. The topological polar surface area (TPSA) is 122 Å². The Morgan fingerprint density at radius 1 is 0.511 bits per heavy atom. The number of hydrogen-bond donors (Lipinski definition) is 0. The average Bonchev–Trinajstić information content (AvgIpc) is 3.03. The van der Waals surface area contributed by atoms with Gasteiger partial charge in [-0.1, -0.05) is 113 Å². The molecule has 0 N–H and O–H groups in total. The molecule has 0 saturated heterocycles. The first-order valence-electron chi connectivity index (χ1n) is 15.2. The van der Waals surface area contributed by atoms with Gasteiger partial charge in [-0.15, -0.1) is 11.4 Å². The van der Waals surface area contributed by atoms with Crippen molar-refractivity contribution in [3.05, 3.63) is 107 Å². The molecule has 0 amide bonds. The van der Waals surface area contributed by atoms with Gasteiger partial charge in [0.05, 0.1) is 31.4 Å². The summed E-state index contributed by atoms with van der Waals surface area (Å²) in [6.07, 6.45) is 10.8. The van der Waals surface area contributed by atoms with Crippen molar-refractivity contribution < 1.29 is 36.3 Å². The second-order valence-corrected chi connectivity index (χ2v) is 13.8. The van der Waals surface area contributed by atoms with Crippen LogP contribution in [0.4, 0.5) is 11.4 Å². The van der Waals surface area contributed by atoms with E-state index in [1.807, 2.05) is 60.7 Å². The molecule has 2 aromatic carbocycles. The van der Waals surface area contributed by atoms with Gasteiger partial charge in [0.25, 0.3) is 0 Å². The molecule has 236 valence electrons. The van der Waals surface area contributed by atoms with Crippen molar-refractivity contribution in [2.45, 2.75) is 65.2 Å². The predicted octanol–water partition coefficient (Wildman–Crippen LogP) is 9.33. The molecule has 4 aromatic rings. The molecule has 0 unspecified atom stereocenters. The van der Waals surface area contributed by atoms with Gasteiger partial charge in [0.15, 0.2) is 0 Å². The molecule has 0 fully saturated rings. The van der Waals surface area contributed by atoms with Crippen molar-refractivity contribution in [2.75, 3.05) is 11.5 Å². The van der Waals surface area contributed by atoms with E-state index in [0.717, 1.165) is 61.0 Å². The summed E-state index contributed by atoms with van der Waals surface area (Å²) >= 11 is 0. The van der Waals surface area contributed by atoms with Gasteiger partial charge in [0.1, 0.15) is 0 Å². The molecule has 8 nitrogen and oxygen atoms in total. The Bertz CT molecular complexity index is 1500. The quantitative estimate of drug-likeness (QED) is 0.0848. The number of benzene rings is 2. The molecule has 11 heteroatoms. The van der Waals surface area contributed by atoms with Gasteiger partial charge in [-0.25, -0.2) is 16.8 Å². The van der Waals surface area contributed by atoms with Gasteiger partial charge >= 0.3 is 19.5 Å². The van der Waals surface area contributed by atoms with Crippen LogP contribution in [-0.4, -0.2) is 38.3 Å². The number of nitrogens with zero attached hydrogens (tertiary/aromatic N) is 4. The normalized spacial score (nSPS) is 11.1. The van der Waals surface area contributed by atoms with Gasteiger partial charge in [-0.2, -0.15) is 0 Å². The van der Waals surface area contributed by atoms with E-state index in [9.17, 15) is 16.8 Å². The molecule has 0 spiro atoms. The molecule has 0 bridgehead atoms. The first-order valence-corrected chi connectivity index (χ1v) is 18.4. The van der Waals surface area contributed by atoms with E-state index in [0.29, 0.717) is 24.2 Å². The van der Waals surface area contributed by atoms with E-state index in [2.05, 4.69) is 33.3 Å². The number of unbranched alkanes of at least 4 members (excludes halogenated alkanes) is 6. The summed E-state index contributed by atoms with van der Waals surface area (Å²) in [5.41, 5.74) is 3.83. The first-order chi connectivity index (χ1) is 21.2. The van der Waals surface area contributed by atoms with Gasteiger partial charge in [-0.3, -0.25) is 9.97 Å².